The first-order chi connectivity index (χ1) is 7.72. The molecule has 16 heavy (non-hydrogen) atoms. The van der Waals surface area contributed by atoms with Crippen LogP contribution in [0, 0.1) is 6.92 Å². The molecule has 0 amide bonds. The van der Waals surface area contributed by atoms with E-state index < -0.39 is 0 Å². The molecule has 0 aliphatic heterocycles. The molecule has 2 nitrogen and oxygen atoms in total. The van der Waals surface area contributed by atoms with Crippen LogP contribution in [0.3, 0.4) is 0 Å². The van der Waals surface area contributed by atoms with Crippen LogP contribution in [-0.2, 0) is 0 Å². The molecule has 0 unspecified atom stereocenters. The lowest BCUT2D eigenvalue weighted by molar-refractivity contribution is 0.620. The van der Waals surface area contributed by atoms with Crippen LogP contribution in [0.5, 0.6) is 0 Å². The van der Waals surface area contributed by atoms with Crippen LogP contribution in [0.2, 0.25) is 0 Å². The van der Waals surface area contributed by atoms with Crippen LogP contribution in [0.1, 0.15) is 38.2 Å². The molecule has 1 aliphatic rings. The summed E-state index contributed by atoms with van der Waals surface area (Å²) in [6.45, 7) is 5.36. The van der Waals surface area contributed by atoms with Crippen LogP contribution in [0.25, 0.3) is 0 Å². The van der Waals surface area contributed by atoms with Gasteiger partial charge < -0.3 is 10.6 Å². The third-order valence-electron chi connectivity index (χ3n) is 3.60. The average Bonchev–Trinajstić information content (AvgIpc) is 2.75. The molecule has 0 atom stereocenters. The van der Waals surface area contributed by atoms with Crippen molar-refractivity contribution in [3.8, 4) is 0 Å². The van der Waals surface area contributed by atoms with Gasteiger partial charge in [0.15, 0.2) is 0 Å². The minimum absolute atomic E-state index is 0.704. The highest BCUT2D eigenvalue weighted by atomic mass is 15.2. The van der Waals surface area contributed by atoms with E-state index in [1.807, 2.05) is 0 Å². The monoisotopic (exact) mass is 218 g/mol. The highest BCUT2D eigenvalue weighted by Crippen LogP contribution is 2.31. The Kier molecular flexibility index (Phi) is 3.37. The first-order valence-electron chi connectivity index (χ1n) is 6.35. The Hall–Kier alpha value is -1.18. The molecule has 2 heteroatoms. The third kappa shape index (κ3) is 2.16. The third-order valence-corrected chi connectivity index (χ3v) is 3.60. The van der Waals surface area contributed by atoms with Crippen LogP contribution in [0.15, 0.2) is 18.2 Å². The van der Waals surface area contributed by atoms with E-state index >= 15 is 0 Å². The van der Waals surface area contributed by atoms with Gasteiger partial charge in [-0.15, -0.1) is 0 Å². The van der Waals surface area contributed by atoms with Crippen molar-refractivity contribution in [1.29, 1.82) is 0 Å². The number of hydrogen-bond acceptors (Lipinski definition) is 2. The van der Waals surface area contributed by atoms with Gasteiger partial charge in [-0.2, -0.15) is 0 Å². The smallest absolute Gasteiger partial charge is 0.0602 e. The van der Waals surface area contributed by atoms with Crippen LogP contribution in [0.4, 0.5) is 11.4 Å². The Labute approximate surface area is 98.4 Å². The predicted molar refractivity (Wildman–Crippen MR) is 70.9 cm³/mol. The Balaban J connectivity index is 2.25. The number of nitrogens with zero attached hydrogens (tertiary/aromatic N) is 1. The number of nitrogens with two attached hydrogens (primary N) is 1. The first-order valence-corrected chi connectivity index (χ1v) is 6.35. The van der Waals surface area contributed by atoms with Gasteiger partial charge in [-0.25, -0.2) is 0 Å². The summed E-state index contributed by atoms with van der Waals surface area (Å²) >= 11 is 0. The summed E-state index contributed by atoms with van der Waals surface area (Å²) in [5.41, 5.74) is 9.51. The summed E-state index contributed by atoms with van der Waals surface area (Å²) < 4.78 is 0. The summed E-state index contributed by atoms with van der Waals surface area (Å²) in [7, 11) is 0. The zero-order valence-electron chi connectivity index (χ0n) is 10.4. The van der Waals surface area contributed by atoms with E-state index in [0.717, 1.165) is 12.2 Å². The molecule has 0 spiro atoms. The van der Waals surface area contributed by atoms with Crippen molar-refractivity contribution in [2.24, 2.45) is 0 Å². The van der Waals surface area contributed by atoms with Crippen molar-refractivity contribution in [1.82, 2.24) is 0 Å². The van der Waals surface area contributed by atoms with Crippen LogP contribution in [-0.4, -0.2) is 12.6 Å². The predicted octanol–water partition coefficient (Wildman–Crippen LogP) is 3.35. The fourth-order valence-corrected chi connectivity index (χ4v) is 2.78. The molecule has 2 rings (SSSR count). The Morgan fingerprint density at radius 3 is 2.56 bits per heavy atom. The molecule has 1 fully saturated rings. The van der Waals surface area contributed by atoms with Gasteiger partial charge in [0.2, 0.25) is 0 Å². The van der Waals surface area contributed by atoms with Gasteiger partial charge >= 0.3 is 0 Å². The lowest BCUT2D eigenvalue weighted by Crippen LogP contribution is -2.33. The molecule has 2 N–H and O–H groups in total. The maximum atomic E-state index is 6.12. The molecular weight excluding hydrogens is 196 g/mol. The average molecular weight is 218 g/mol. The van der Waals surface area contributed by atoms with E-state index in [1.165, 1.54) is 36.9 Å². The zero-order chi connectivity index (χ0) is 11.5. The largest absolute Gasteiger partial charge is 0.397 e. The highest BCUT2D eigenvalue weighted by Gasteiger charge is 2.22. The maximum absolute atomic E-state index is 6.12. The van der Waals surface area contributed by atoms with Gasteiger partial charge in [-0.05, 0) is 44.4 Å². The standard InChI is InChI=1S/C14H22N2/c1-3-16(12-6-4-5-7-12)14-9-8-11(2)10-13(14)15/h8-10,12H,3-7,15H2,1-2H3. The Bertz CT molecular complexity index is 354. The van der Waals surface area contributed by atoms with Crippen molar-refractivity contribution >= 4 is 11.4 Å². The lowest BCUT2D eigenvalue weighted by atomic mass is 10.1. The molecule has 1 aliphatic carbocycles. The first kappa shape index (κ1) is 11.3. The van der Waals surface area contributed by atoms with Crippen molar-refractivity contribution < 1.29 is 0 Å². The van der Waals surface area contributed by atoms with Crippen molar-refractivity contribution in [2.45, 2.75) is 45.6 Å². The minimum atomic E-state index is 0.704. The summed E-state index contributed by atoms with van der Waals surface area (Å²) in [5.74, 6) is 0. The molecule has 0 radical (unpaired) electrons. The number of benzene rings is 1. The molecular formula is C14H22N2. The summed E-state index contributed by atoms with van der Waals surface area (Å²) in [6.07, 6.45) is 5.38. The van der Waals surface area contributed by atoms with Gasteiger partial charge in [-0.1, -0.05) is 18.9 Å². The summed E-state index contributed by atoms with van der Waals surface area (Å²) in [4.78, 5) is 2.47. The lowest BCUT2D eigenvalue weighted by Gasteiger charge is -2.31. The number of nitrogen functional groups attached to an aromatic ring is 1. The van der Waals surface area contributed by atoms with Crippen LogP contribution >= 0.6 is 0 Å². The van der Waals surface area contributed by atoms with Gasteiger partial charge in [0, 0.05) is 12.6 Å². The molecule has 88 valence electrons. The van der Waals surface area contributed by atoms with Crippen LogP contribution < -0.4 is 10.6 Å². The highest BCUT2D eigenvalue weighted by molar-refractivity contribution is 5.68. The second kappa shape index (κ2) is 4.77. The molecule has 0 bridgehead atoms. The fraction of sp³-hybridized carbons (Fsp3) is 0.571. The van der Waals surface area contributed by atoms with Gasteiger partial charge in [-0.3, -0.25) is 0 Å². The van der Waals surface area contributed by atoms with Crippen molar-refractivity contribution in [2.75, 3.05) is 17.2 Å². The topological polar surface area (TPSA) is 29.3 Å². The van der Waals surface area contributed by atoms with E-state index in [0.29, 0.717) is 6.04 Å². The van der Waals surface area contributed by atoms with Gasteiger partial charge in [0.1, 0.15) is 0 Å². The Morgan fingerprint density at radius 2 is 2.00 bits per heavy atom. The zero-order valence-corrected chi connectivity index (χ0v) is 10.4. The van der Waals surface area contributed by atoms with Crippen molar-refractivity contribution in [3.05, 3.63) is 23.8 Å². The van der Waals surface area contributed by atoms with E-state index in [2.05, 4.69) is 36.9 Å². The molecule has 0 heterocycles. The molecule has 0 saturated heterocycles. The number of rotatable bonds is 3. The van der Waals surface area contributed by atoms with Gasteiger partial charge in [0.05, 0.1) is 11.4 Å². The minimum Gasteiger partial charge on any atom is -0.397 e. The summed E-state index contributed by atoms with van der Waals surface area (Å²) in [6, 6.07) is 7.11. The Morgan fingerprint density at radius 1 is 1.31 bits per heavy atom. The maximum Gasteiger partial charge on any atom is 0.0602 e. The SMILES string of the molecule is CCN(c1ccc(C)cc1N)C1CCCC1. The van der Waals surface area contributed by atoms with E-state index in [4.69, 9.17) is 5.73 Å². The second-order valence-corrected chi connectivity index (χ2v) is 4.79. The second-order valence-electron chi connectivity index (χ2n) is 4.79. The van der Waals surface area contributed by atoms with Gasteiger partial charge in [0.25, 0.3) is 0 Å². The normalized spacial score (nSPS) is 16.6. The molecule has 0 aromatic heterocycles. The number of anilines is 2. The number of aryl methyl sites for hydroxylation is 1. The molecule has 1 aromatic rings. The summed E-state index contributed by atoms with van der Waals surface area (Å²) in [5, 5.41) is 0. The fourth-order valence-electron chi connectivity index (χ4n) is 2.78. The quantitative estimate of drug-likeness (QED) is 0.788. The van der Waals surface area contributed by atoms with E-state index in [-0.39, 0.29) is 0 Å². The van der Waals surface area contributed by atoms with E-state index in [9.17, 15) is 0 Å². The molecule has 1 saturated carbocycles. The number of hydrogen-bond donors (Lipinski definition) is 1. The van der Waals surface area contributed by atoms with E-state index in [1.54, 1.807) is 0 Å². The van der Waals surface area contributed by atoms with Crippen molar-refractivity contribution in [3.63, 3.8) is 0 Å². The molecule has 1 aromatic carbocycles.